The highest BCUT2D eigenvalue weighted by Gasteiger charge is 2.26. The van der Waals surface area contributed by atoms with Crippen LogP contribution in [0.15, 0.2) is 77.9 Å². The minimum atomic E-state index is -0.739. The van der Waals surface area contributed by atoms with Crippen LogP contribution >= 0.6 is 0 Å². The van der Waals surface area contributed by atoms with E-state index in [9.17, 15) is 18.7 Å². The standard InChI is InChI=1S/C26H24F2N4O2/c27-18-9-7-16(8-10-18)17-12-24(31-14-17)25-20(5-3-6-21(25)28)26(34)32-23(22(29)15-33)13-19-4-1-2-11-30-19/h1-12,22-23,33H,13-15,29H2,(H,32,34)/t22-,23+/m0/s1. The number of aliphatic hydroxyl groups is 1. The van der Waals surface area contributed by atoms with Crippen LogP contribution in [-0.2, 0) is 6.42 Å². The highest BCUT2D eigenvalue weighted by Crippen LogP contribution is 2.25. The Kier molecular flexibility index (Phi) is 7.20. The van der Waals surface area contributed by atoms with Crippen molar-refractivity contribution < 1.29 is 18.7 Å². The molecule has 6 nitrogen and oxygen atoms in total. The van der Waals surface area contributed by atoms with Gasteiger partial charge in [-0.05, 0) is 53.6 Å². The number of nitrogens with one attached hydrogen (secondary N) is 1. The summed E-state index contributed by atoms with van der Waals surface area (Å²) in [5, 5.41) is 12.4. The molecular formula is C26H24F2N4O2. The monoisotopic (exact) mass is 462 g/mol. The predicted molar refractivity (Wildman–Crippen MR) is 126 cm³/mol. The van der Waals surface area contributed by atoms with Crippen LogP contribution < -0.4 is 11.1 Å². The lowest BCUT2D eigenvalue weighted by Gasteiger charge is -2.24. The molecule has 174 valence electrons. The molecule has 0 saturated heterocycles. The number of hydrogen-bond acceptors (Lipinski definition) is 5. The maximum absolute atomic E-state index is 14.9. The van der Waals surface area contributed by atoms with Gasteiger partial charge in [0.25, 0.3) is 5.91 Å². The first-order valence-corrected chi connectivity index (χ1v) is 10.8. The molecule has 34 heavy (non-hydrogen) atoms. The van der Waals surface area contributed by atoms with Crippen molar-refractivity contribution in [2.75, 3.05) is 13.2 Å². The number of aliphatic imine (C=N–C) groups is 1. The van der Waals surface area contributed by atoms with E-state index in [0.29, 0.717) is 17.8 Å². The minimum absolute atomic E-state index is 0.0752. The van der Waals surface area contributed by atoms with Crippen LogP contribution in [0.2, 0.25) is 0 Å². The van der Waals surface area contributed by atoms with Crippen LogP contribution in [0, 0.1) is 11.6 Å². The van der Waals surface area contributed by atoms with Gasteiger partial charge in [-0.15, -0.1) is 0 Å². The third-order valence-electron chi connectivity index (χ3n) is 5.66. The maximum Gasteiger partial charge on any atom is 0.252 e. The van der Waals surface area contributed by atoms with Gasteiger partial charge in [0.05, 0.1) is 30.5 Å². The molecule has 1 aromatic heterocycles. The SMILES string of the molecule is N[C@@H](CO)[C@@H](Cc1ccccn1)NC(=O)c1cccc(F)c1C1=NCC(c2ccc(F)cc2)=C1. The van der Waals surface area contributed by atoms with E-state index in [-0.39, 0.29) is 30.1 Å². The van der Waals surface area contributed by atoms with Crippen LogP contribution in [0.4, 0.5) is 8.78 Å². The topological polar surface area (TPSA) is 101 Å². The van der Waals surface area contributed by atoms with Crippen molar-refractivity contribution in [3.8, 4) is 0 Å². The lowest BCUT2D eigenvalue weighted by molar-refractivity contribution is 0.0922. The summed E-state index contributed by atoms with van der Waals surface area (Å²) in [6.45, 7) is -0.0572. The van der Waals surface area contributed by atoms with Crippen molar-refractivity contribution in [3.05, 3.63) is 107 Å². The van der Waals surface area contributed by atoms with Crippen LogP contribution in [0.3, 0.4) is 0 Å². The molecule has 2 aromatic carbocycles. The largest absolute Gasteiger partial charge is 0.395 e. The highest BCUT2D eigenvalue weighted by atomic mass is 19.1. The Hall–Kier alpha value is -3.75. The van der Waals surface area contributed by atoms with E-state index in [1.54, 1.807) is 36.5 Å². The van der Waals surface area contributed by atoms with Gasteiger partial charge in [0.2, 0.25) is 0 Å². The molecule has 4 rings (SSSR count). The van der Waals surface area contributed by atoms with Gasteiger partial charge in [0, 0.05) is 29.9 Å². The first-order valence-electron chi connectivity index (χ1n) is 10.8. The van der Waals surface area contributed by atoms with Crippen LogP contribution in [-0.4, -0.2) is 46.9 Å². The number of carbonyl (C=O) groups is 1. The quantitative estimate of drug-likeness (QED) is 0.479. The van der Waals surface area contributed by atoms with Gasteiger partial charge in [0.15, 0.2) is 0 Å². The average Bonchev–Trinajstić information content (AvgIpc) is 3.33. The number of nitrogens with two attached hydrogens (primary N) is 1. The minimum Gasteiger partial charge on any atom is -0.395 e. The maximum atomic E-state index is 14.9. The van der Waals surface area contributed by atoms with Crippen LogP contribution in [0.5, 0.6) is 0 Å². The van der Waals surface area contributed by atoms with Crippen molar-refractivity contribution in [2.45, 2.75) is 18.5 Å². The average molecular weight is 463 g/mol. The van der Waals surface area contributed by atoms with E-state index in [0.717, 1.165) is 11.1 Å². The zero-order chi connectivity index (χ0) is 24.1. The summed E-state index contributed by atoms with van der Waals surface area (Å²) in [7, 11) is 0. The molecule has 0 unspecified atom stereocenters. The number of rotatable bonds is 8. The number of halogens is 2. The molecule has 0 saturated carbocycles. The number of aromatic nitrogens is 1. The Labute approximate surface area is 195 Å². The molecule has 0 spiro atoms. The summed E-state index contributed by atoms with van der Waals surface area (Å²) in [6, 6.07) is 14.2. The molecule has 4 N–H and O–H groups in total. The molecule has 0 aliphatic carbocycles. The number of hydrogen-bond donors (Lipinski definition) is 3. The van der Waals surface area contributed by atoms with Crippen molar-refractivity contribution in [3.63, 3.8) is 0 Å². The molecule has 1 amide bonds. The summed E-state index contributed by atoms with van der Waals surface area (Å²) >= 11 is 0. The predicted octanol–water partition coefficient (Wildman–Crippen LogP) is 2.91. The Balaban J connectivity index is 1.60. The second kappa shape index (κ2) is 10.5. The number of carbonyl (C=O) groups excluding carboxylic acids is 1. The number of amides is 1. The summed E-state index contributed by atoms with van der Waals surface area (Å²) in [6.07, 6.45) is 3.63. The Bertz CT molecular complexity index is 1230. The van der Waals surface area contributed by atoms with Gasteiger partial charge < -0.3 is 16.2 Å². The van der Waals surface area contributed by atoms with Crippen molar-refractivity contribution in [1.29, 1.82) is 0 Å². The first-order chi connectivity index (χ1) is 16.5. The number of nitrogens with zero attached hydrogens (tertiary/aromatic N) is 2. The van der Waals surface area contributed by atoms with Crippen LogP contribution in [0.25, 0.3) is 5.57 Å². The Morgan fingerprint density at radius 2 is 1.88 bits per heavy atom. The molecule has 3 aromatic rings. The third kappa shape index (κ3) is 5.24. The van der Waals surface area contributed by atoms with Gasteiger partial charge in [0.1, 0.15) is 11.6 Å². The molecule has 2 atom stereocenters. The molecule has 0 radical (unpaired) electrons. The number of aliphatic hydroxyl groups excluding tert-OH is 1. The number of pyridine rings is 1. The van der Waals surface area contributed by atoms with E-state index in [1.807, 2.05) is 6.07 Å². The van der Waals surface area contributed by atoms with E-state index >= 15 is 0 Å². The van der Waals surface area contributed by atoms with Gasteiger partial charge in [-0.2, -0.15) is 0 Å². The smallest absolute Gasteiger partial charge is 0.252 e. The number of benzene rings is 2. The molecule has 0 bridgehead atoms. The van der Waals surface area contributed by atoms with Crippen molar-refractivity contribution >= 4 is 17.2 Å². The van der Waals surface area contributed by atoms with Crippen molar-refractivity contribution in [1.82, 2.24) is 10.3 Å². The summed E-state index contributed by atoms with van der Waals surface area (Å²) in [4.78, 5) is 21.9. The van der Waals surface area contributed by atoms with E-state index in [4.69, 9.17) is 5.73 Å². The first kappa shape index (κ1) is 23.4. The zero-order valence-electron chi connectivity index (χ0n) is 18.3. The van der Waals surface area contributed by atoms with Gasteiger partial charge in [-0.25, -0.2) is 8.78 Å². The molecular weight excluding hydrogens is 438 g/mol. The lowest BCUT2D eigenvalue weighted by Crippen LogP contribution is -2.51. The summed E-state index contributed by atoms with van der Waals surface area (Å²) in [5.41, 5.74) is 8.81. The highest BCUT2D eigenvalue weighted by molar-refractivity contribution is 6.19. The number of allylic oxidation sites excluding steroid dienone is 1. The van der Waals surface area contributed by atoms with E-state index in [2.05, 4.69) is 15.3 Å². The second-order valence-corrected chi connectivity index (χ2v) is 7.99. The molecule has 8 heteroatoms. The normalized spacial score (nSPS) is 14.8. The van der Waals surface area contributed by atoms with Crippen LogP contribution in [0.1, 0.15) is 27.2 Å². The summed E-state index contributed by atoms with van der Waals surface area (Å²) in [5.74, 6) is -1.47. The molecule has 1 aliphatic rings. The van der Waals surface area contributed by atoms with Gasteiger partial charge in [-0.3, -0.25) is 14.8 Å². The van der Waals surface area contributed by atoms with E-state index in [1.165, 1.54) is 30.3 Å². The Morgan fingerprint density at radius 1 is 1.09 bits per heavy atom. The second-order valence-electron chi connectivity index (χ2n) is 7.99. The lowest BCUT2D eigenvalue weighted by atomic mass is 9.98. The zero-order valence-corrected chi connectivity index (χ0v) is 18.3. The fraction of sp³-hybridized carbons (Fsp3) is 0.192. The van der Waals surface area contributed by atoms with Gasteiger partial charge >= 0.3 is 0 Å². The third-order valence-corrected chi connectivity index (χ3v) is 5.66. The molecule has 0 fully saturated rings. The van der Waals surface area contributed by atoms with Gasteiger partial charge in [-0.1, -0.05) is 24.3 Å². The molecule has 1 aliphatic heterocycles. The Morgan fingerprint density at radius 3 is 2.59 bits per heavy atom. The summed E-state index contributed by atoms with van der Waals surface area (Å²) < 4.78 is 28.2. The fourth-order valence-electron chi connectivity index (χ4n) is 3.82. The van der Waals surface area contributed by atoms with Crippen molar-refractivity contribution in [2.24, 2.45) is 10.7 Å². The van der Waals surface area contributed by atoms with E-state index < -0.39 is 23.8 Å². The molecule has 2 heterocycles. The fourth-order valence-corrected chi connectivity index (χ4v) is 3.82.